The Morgan fingerprint density at radius 3 is 2.48 bits per heavy atom. The summed E-state index contributed by atoms with van der Waals surface area (Å²) in [5.41, 5.74) is 2.11. The van der Waals surface area contributed by atoms with Crippen LogP contribution in [-0.4, -0.2) is 43.5 Å². The van der Waals surface area contributed by atoms with Crippen LogP contribution < -0.4 is 9.64 Å². The molecule has 0 bridgehead atoms. The summed E-state index contributed by atoms with van der Waals surface area (Å²) in [6.07, 6.45) is 1.27. The number of carbonyl (C=O) groups excluding carboxylic acids is 2. The molecule has 4 rings (SSSR count). The van der Waals surface area contributed by atoms with Crippen LogP contribution in [0.1, 0.15) is 24.3 Å². The topological polar surface area (TPSA) is 49.9 Å². The zero-order valence-electron chi connectivity index (χ0n) is 15.5. The summed E-state index contributed by atoms with van der Waals surface area (Å²) in [4.78, 5) is 29.1. The molecular formula is C22H24N2O3. The third-order valence-electron chi connectivity index (χ3n) is 5.63. The van der Waals surface area contributed by atoms with Gasteiger partial charge in [-0.3, -0.25) is 9.59 Å². The highest BCUT2D eigenvalue weighted by Gasteiger charge is 2.39. The number of amides is 2. The van der Waals surface area contributed by atoms with Gasteiger partial charge in [-0.05, 0) is 36.2 Å². The molecule has 2 aromatic rings. The van der Waals surface area contributed by atoms with E-state index < -0.39 is 0 Å². The van der Waals surface area contributed by atoms with Gasteiger partial charge in [0.25, 0.3) is 0 Å². The molecule has 0 aromatic heterocycles. The molecule has 2 amide bonds. The van der Waals surface area contributed by atoms with E-state index in [0.29, 0.717) is 12.5 Å². The predicted octanol–water partition coefficient (Wildman–Crippen LogP) is 3.06. The van der Waals surface area contributed by atoms with Gasteiger partial charge in [0, 0.05) is 37.7 Å². The van der Waals surface area contributed by atoms with E-state index in [-0.39, 0.29) is 24.2 Å². The Morgan fingerprint density at radius 2 is 1.78 bits per heavy atom. The van der Waals surface area contributed by atoms with Crippen LogP contribution in [0, 0.1) is 5.92 Å². The number of hydrogen-bond acceptors (Lipinski definition) is 3. The largest absolute Gasteiger partial charge is 0.497 e. The Hall–Kier alpha value is -2.82. The second-order valence-electron chi connectivity index (χ2n) is 7.28. The molecule has 0 spiro atoms. The second kappa shape index (κ2) is 7.43. The van der Waals surface area contributed by atoms with Crippen molar-refractivity contribution in [1.29, 1.82) is 0 Å². The number of nitrogens with zero attached hydrogens (tertiary/aromatic N) is 2. The number of anilines is 1. The van der Waals surface area contributed by atoms with Crippen molar-refractivity contribution in [3.63, 3.8) is 0 Å². The lowest BCUT2D eigenvalue weighted by Gasteiger charge is -2.21. The Kier molecular flexibility index (Phi) is 4.84. The number of ether oxygens (including phenoxy) is 1. The van der Waals surface area contributed by atoms with Crippen LogP contribution in [0.15, 0.2) is 54.6 Å². The first-order valence-corrected chi connectivity index (χ1v) is 9.44. The molecule has 2 heterocycles. The van der Waals surface area contributed by atoms with Crippen LogP contribution >= 0.6 is 0 Å². The molecule has 5 heteroatoms. The monoisotopic (exact) mass is 364 g/mol. The summed E-state index contributed by atoms with van der Waals surface area (Å²) in [6.45, 7) is 1.97. The summed E-state index contributed by atoms with van der Waals surface area (Å²) in [6, 6.07) is 17.8. The number of benzene rings is 2. The molecule has 0 saturated carbocycles. The van der Waals surface area contributed by atoms with Crippen LogP contribution in [0.25, 0.3) is 0 Å². The molecule has 2 unspecified atom stereocenters. The van der Waals surface area contributed by atoms with Crippen molar-refractivity contribution in [3.8, 4) is 5.75 Å². The summed E-state index contributed by atoms with van der Waals surface area (Å²) in [7, 11) is 1.61. The third-order valence-corrected chi connectivity index (χ3v) is 5.63. The highest BCUT2D eigenvalue weighted by molar-refractivity contribution is 6.00. The smallest absolute Gasteiger partial charge is 0.228 e. The Labute approximate surface area is 159 Å². The first kappa shape index (κ1) is 17.6. The lowest BCUT2D eigenvalue weighted by Crippen LogP contribution is -2.35. The first-order valence-electron chi connectivity index (χ1n) is 9.44. The van der Waals surface area contributed by atoms with E-state index in [0.717, 1.165) is 30.9 Å². The molecule has 27 heavy (non-hydrogen) atoms. The fourth-order valence-corrected chi connectivity index (χ4v) is 4.10. The molecule has 0 N–H and O–H groups in total. The molecule has 2 atom stereocenters. The van der Waals surface area contributed by atoms with Gasteiger partial charge in [-0.2, -0.15) is 0 Å². The lowest BCUT2D eigenvalue weighted by molar-refractivity contribution is -0.134. The minimum absolute atomic E-state index is 0.0114. The Balaban J connectivity index is 1.40. The van der Waals surface area contributed by atoms with E-state index in [2.05, 4.69) is 12.1 Å². The van der Waals surface area contributed by atoms with Crippen LogP contribution in [0.4, 0.5) is 5.69 Å². The van der Waals surface area contributed by atoms with Gasteiger partial charge in [0.2, 0.25) is 11.8 Å². The fraction of sp³-hybridized carbons (Fsp3) is 0.364. The molecule has 2 aliphatic rings. The molecule has 2 aromatic carbocycles. The molecule has 2 saturated heterocycles. The normalized spacial score (nSPS) is 22.3. The highest BCUT2D eigenvalue weighted by atomic mass is 16.5. The molecule has 0 radical (unpaired) electrons. The fourth-order valence-electron chi connectivity index (χ4n) is 4.10. The average molecular weight is 364 g/mol. The standard InChI is InChI=1S/C22H24N2O3/c1-27-20-9-7-19(8-10-20)24-15-18(13-21(24)25)22(26)23-12-11-17(14-23)16-5-3-2-4-6-16/h2-10,17-18H,11-15H2,1H3. The number of rotatable bonds is 4. The molecular weight excluding hydrogens is 340 g/mol. The molecule has 140 valence electrons. The van der Waals surface area contributed by atoms with Crippen molar-refractivity contribution in [2.45, 2.75) is 18.8 Å². The van der Waals surface area contributed by atoms with Crippen LogP contribution in [0.2, 0.25) is 0 Å². The highest BCUT2D eigenvalue weighted by Crippen LogP contribution is 2.31. The minimum Gasteiger partial charge on any atom is -0.497 e. The van der Waals surface area contributed by atoms with Crippen LogP contribution in [0.3, 0.4) is 0 Å². The maximum Gasteiger partial charge on any atom is 0.228 e. The van der Waals surface area contributed by atoms with E-state index in [4.69, 9.17) is 4.74 Å². The van der Waals surface area contributed by atoms with Gasteiger partial charge in [0.05, 0.1) is 13.0 Å². The minimum atomic E-state index is -0.255. The summed E-state index contributed by atoms with van der Waals surface area (Å²) in [5, 5.41) is 0. The van der Waals surface area contributed by atoms with E-state index in [1.807, 2.05) is 47.4 Å². The number of carbonyl (C=O) groups is 2. The Bertz CT molecular complexity index is 819. The summed E-state index contributed by atoms with van der Waals surface area (Å²) >= 11 is 0. The Morgan fingerprint density at radius 1 is 1.04 bits per heavy atom. The predicted molar refractivity (Wildman–Crippen MR) is 104 cm³/mol. The third kappa shape index (κ3) is 3.54. The summed E-state index contributed by atoms with van der Waals surface area (Å²) in [5.74, 6) is 1.01. The van der Waals surface area contributed by atoms with Crippen LogP contribution in [-0.2, 0) is 9.59 Å². The second-order valence-corrected chi connectivity index (χ2v) is 7.28. The van der Waals surface area contributed by atoms with Gasteiger partial charge in [0.15, 0.2) is 0 Å². The molecule has 2 fully saturated rings. The van der Waals surface area contributed by atoms with Crippen molar-refractivity contribution in [2.24, 2.45) is 5.92 Å². The van der Waals surface area contributed by atoms with Crippen molar-refractivity contribution in [3.05, 3.63) is 60.2 Å². The van der Waals surface area contributed by atoms with Gasteiger partial charge in [-0.15, -0.1) is 0 Å². The van der Waals surface area contributed by atoms with Gasteiger partial charge in [-0.1, -0.05) is 30.3 Å². The lowest BCUT2D eigenvalue weighted by atomic mass is 9.99. The zero-order valence-corrected chi connectivity index (χ0v) is 15.5. The van der Waals surface area contributed by atoms with Crippen molar-refractivity contribution < 1.29 is 14.3 Å². The first-order chi connectivity index (χ1) is 13.2. The van der Waals surface area contributed by atoms with E-state index in [1.54, 1.807) is 12.0 Å². The molecule has 5 nitrogen and oxygen atoms in total. The SMILES string of the molecule is COc1ccc(N2CC(C(=O)N3CCC(c4ccccc4)C3)CC2=O)cc1. The van der Waals surface area contributed by atoms with Crippen molar-refractivity contribution in [1.82, 2.24) is 4.90 Å². The quantitative estimate of drug-likeness (QED) is 0.838. The van der Waals surface area contributed by atoms with Crippen molar-refractivity contribution >= 4 is 17.5 Å². The van der Waals surface area contributed by atoms with E-state index in [9.17, 15) is 9.59 Å². The number of methoxy groups -OCH3 is 1. The molecule has 0 aliphatic carbocycles. The van der Waals surface area contributed by atoms with Gasteiger partial charge >= 0.3 is 0 Å². The zero-order chi connectivity index (χ0) is 18.8. The average Bonchev–Trinajstić information content (AvgIpc) is 3.35. The molecule has 2 aliphatic heterocycles. The van der Waals surface area contributed by atoms with E-state index in [1.165, 1.54) is 5.56 Å². The van der Waals surface area contributed by atoms with Crippen molar-refractivity contribution in [2.75, 3.05) is 31.6 Å². The summed E-state index contributed by atoms with van der Waals surface area (Å²) < 4.78 is 5.17. The number of likely N-dealkylation sites (tertiary alicyclic amines) is 1. The van der Waals surface area contributed by atoms with Gasteiger partial charge in [0.1, 0.15) is 5.75 Å². The van der Waals surface area contributed by atoms with Gasteiger partial charge < -0.3 is 14.5 Å². The maximum absolute atomic E-state index is 13.0. The van der Waals surface area contributed by atoms with E-state index >= 15 is 0 Å². The van der Waals surface area contributed by atoms with Gasteiger partial charge in [-0.25, -0.2) is 0 Å². The van der Waals surface area contributed by atoms with Crippen LogP contribution in [0.5, 0.6) is 5.75 Å². The maximum atomic E-state index is 13.0. The number of hydrogen-bond donors (Lipinski definition) is 0.